The Balaban J connectivity index is 2.19. The van der Waals surface area contributed by atoms with Gasteiger partial charge in [0, 0.05) is 6.04 Å². The number of carbonyl (C=O) groups is 2. The van der Waals surface area contributed by atoms with E-state index in [-0.39, 0.29) is 24.3 Å². The molecule has 1 saturated carbocycles. The van der Waals surface area contributed by atoms with Crippen LogP contribution in [0.3, 0.4) is 0 Å². The highest BCUT2D eigenvalue weighted by Crippen LogP contribution is 2.18. The number of rotatable bonds is 6. The van der Waals surface area contributed by atoms with Crippen LogP contribution >= 0.6 is 0 Å². The monoisotopic (exact) mass is 227 g/mol. The van der Waals surface area contributed by atoms with Crippen LogP contribution in [0.1, 0.15) is 33.1 Å². The van der Waals surface area contributed by atoms with E-state index in [0.717, 1.165) is 19.3 Å². The van der Waals surface area contributed by atoms with Crippen molar-refractivity contribution in [2.45, 2.75) is 45.2 Å². The van der Waals surface area contributed by atoms with Gasteiger partial charge in [0.2, 0.25) is 11.8 Å². The Morgan fingerprint density at radius 3 is 2.56 bits per heavy atom. The van der Waals surface area contributed by atoms with Crippen molar-refractivity contribution >= 4 is 11.8 Å². The summed E-state index contributed by atoms with van der Waals surface area (Å²) in [5, 5.41) is 5.35. The van der Waals surface area contributed by atoms with Crippen LogP contribution in [0.4, 0.5) is 0 Å². The molecule has 2 atom stereocenters. The standard InChI is InChI=1S/C11H21N3O2/c1-3-7(2)10(12)11(16)13-6-9(15)14-8-4-5-8/h7-8,10H,3-6,12H2,1-2H3,(H,13,16)(H,14,15)/t7-,10-/m0/s1. The molecule has 0 heterocycles. The number of hydrogen-bond acceptors (Lipinski definition) is 3. The average Bonchev–Trinajstić information content (AvgIpc) is 3.07. The van der Waals surface area contributed by atoms with Crippen LogP contribution in [0.15, 0.2) is 0 Å². The highest BCUT2D eigenvalue weighted by atomic mass is 16.2. The van der Waals surface area contributed by atoms with Crippen molar-refractivity contribution in [1.82, 2.24) is 10.6 Å². The van der Waals surface area contributed by atoms with Gasteiger partial charge in [-0.05, 0) is 18.8 Å². The highest BCUT2D eigenvalue weighted by molar-refractivity contribution is 5.87. The van der Waals surface area contributed by atoms with Crippen LogP contribution in [0, 0.1) is 5.92 Å². The first kappa shape index (κ1) is 13.0. The van der Waals surface area contributed by atoms with E-state index < -0.39 is 6.04 Å². The van der Waals surface area contributed by atoms with E-state index >= 15 is 0 Å². The predicted octanol–water partition coefficient (Wildman–Crippen LogP) is -0.245. The molecule has 92 valence electrons. The zero-order valence-corrected chi connectivity index (χ0v) is 9.95. The van der Waals surface area contributed by atoms with Gasteiger partial charge >= 0.3 is 0 Å². The molecule has 0 bridgehead atoms. The third-order valence-corrected chi connectivity index (χ3v) is 2.93. The minimum absolute atomic E-state index is 0.0272. The summed E-state index contributed by atoms with van der Waals surface area (Å²) >= 11 is 0. The van der Waals surface area contributed by atoms with Gasteiger partial charge in [0.05, 0.1) is 12.6 Å². The molecule has 1 fully saturated rings. The summed E-state index contributed by atoms with van der Waals surface area (Å²) in [5.41, 5.74) is 5.73. The lowest BCUT2D eigenvalue weighted by Crippen LogP contribution is -2.47. The summed E-state index contributed by atoms with van der Waals surface area (Å²) in [6.07, 6.45) is 2.95. The summed E-state index contributed by atoms with van der Waals surface area (Å²) in [4.78, 5) is 22.8. The van der Waals surface area contributed by atoms with Crippen LogP contribution in [-0.4, -0.2) is 30.4 Å². The lowest BCUT2D eigenvalue weighted by molar-refractivity contribution is -0.127. The maximum absolute atomic E-state index is 11.5. The van der Waals surface area contributed by atoms with Gasteiger partial charge in [0.25, 0.3) is 0 Å². The van der Waals surface area contributed by atoms with Crippen LogP contribution in [0.5, 0.6) is 0 Å². The van der Waals surface area contributed by atoms with Crippen molar-refractivity contribution in [1.29, 1.82) is 0 Å². The van der Waals surface area contributed by atoms with Gasteiger partial charge in [-0.15, -0.1) is 0 Å². The number of amides is 2. The van der Waals surface area contributed by atoms with Crippen molar-refractivity contribution < 1.29 is 9.59 Å². The van der Waals surface area contributed by atoms with E-state index in [1.165, 1.54) is 0 Å². The Labute approximate surface area is 96.1 Å². The van der Waals surface area contributed by atoms with Crippen molar-refractivity contribution in [3.63, 3.8) is 0 Å². The quantitative estimate of drug-likeness (QED) is 0.585. The summed E-state index contributed by atoms with van der Waals surface area (Å²) in [5.74, 6) is -0.251. The number of nitrogens with one attached hydrogen (secondary N) is 2. The fourth-order valence-electron chi connectivity index (χ4n) is 1.30. The SMILES string of the molecule is CC[C@H](C)[C@H](N)C(=O)NCC(=O)NC1CC1. The molecule has 1 rings (SSSR count). The Hall–Kier alpha value is -1.10. The Morgan fingerprint density at radius 2 is 2.06 bits per heavy atom. The molecule has 0 aliphatic heterocycles. The minimum atomic E-state index is -0.529. The Kier molecular flexibility index (Phi) is 4.73. The van der Waals surface area contributed by atoms with Crippen molar-refractivity contribution in [2.75, 3.05) is 6.54 Å². The van der Waals surface area contributed by atoms with Gasteiger partial charge in [-0.25, -0.2) is 0 Å². The fourth-order valence-corrected chi connectivity index (χ4v) is 1.30. The zero-order chi connectivity index (χ0) is 12.1. The van der Waals surface area contributed by atoms with Gasteiger partial charge in [-0.2, -0.15) is 0 Å². The molecule has 5 nitrogen and oxygen atoms in total. The van der Waals surface area contributed by atoms with Gasteiger partial charge in [0.15, 0.2) is 0 Å². The third-order valence-electron chi connectivity index (χ3n) is 2.93. The van der Waals surface area contributed by atoms with Gasteiger partial charge in [0.1, 0.15) is 0 Å². The predicted molar refractivity (Wildman–Crippen MR) is 61.6 cm³/mol. The molecule has 16 heavy (non-hydrogen) atoms. The molecular formula is C11H21N3O2. The number of hydrogen-bond donors (Lipinski definition) is 3. The minimum Gasteiger partial charge on any atom is -0.352 e. The van der Waals surface area contributed by atoms with E-state index in [9.17, 15) is 9.59 Å². The first-order chi connectivity index (χ1) is 7.54. The van der Waals surface area contributed by atoms with E-state index in [1.54, 1.807) is 0 Å². The van der Waals surface area contributed by atoms with E-state index in [0.29, 0.717) is 6.04 Å². The van der Waals surface area contributed by atoms with Crippen LogP contribution < -0.4 is 16.4 Å². The average molecular weight is 227 g/mol. The second kappa shape index (κ2) is 5.84. The van der Waals surface area contributed by atoms with E-state index in [2.05, 4.69) is 10.6 Å². The number of nitrogens with two attached hydrogens (primary N) is 1. The largest absolute Gasteiger partial charge is 0.352 e. The normalized spacial score (nSPS) is 18.7. The Morgan fingerprint density at radius 1 is 1.44 bits per heavy atom. The molecule has 0 spiro atoms. The molecule has 1 aliphatic rings. The third kappa shape index (κ3) is 4.18. The molecule has 0 aromatic heterocycles. The van der Waals surface area contributed by atoms with Crippen LogP contribution in [0.25, 0.3) is 0 Å². The molecule has 1 aliphatic carbocycles. The van der Waals surface area contributed by atoms with E-state index in [4.69, 9.17) is 5.73 Å². The van der Waals surface area contributed by atoms with Crippen molar-refractivity contribution in [3.8, 4) is 0 Å². The molecule has 0 unspecified atom stereocenters. The summed E-state index contributed by atoms with van der Waals surface area (Å²) in [6.45, 7) is 3.94. The molecule has 4 N–H and O–H groups in total. The molecule has 0 radical (unpaired) electrons. The first-order valence-corrected chi connectivity index (χ1v) is 5.87. The van der Waals surface area contributed by atoms with Gasteiger partial charge < -0.3 is 16.4 Å². The van der Waals surface area contributed by atoms with E-state index in [1.807, 2.05) is 13.8 Å². The molecule has 0 saturated heterocycles. The van der Waals surface area contributed by atoms with Crippen LogP contribution in [-0.2, 0) is 9.59 Å². The lowest BCUT2D eigenvalue weighted by Gasteiger charge is -2.17. The summed E-state index contributed by atoms with van der Waals surface area (Å²) < 4.78 is 0. The second-order valence-electron chi connectivity index (χ2n) is 4.47. The zero-order valence-electron chi connectivity index (χ0n) is 9.95. The fraction of sp³-hybridized carbons (Fsp3) is 0.818. The lowest BCUT2D eigenvalue weighted by atomic mass is 9.99. The van der Waals surface area contributed by atoms with Crippen LogP contribution in [0.2, 0.25) is 0 Å². The van der Waals surface area contributed by atoms with Gasteiger partial charge in [-0.1, -0.05) is 20.3 Å². The van der Waals surface area contributed by atoms with Gasteiger partial charge in [-0.3, -0.25) is 9.59 Å². The maximum atomic E-state index is 11.5. The molecule has 2 amide bonds. The Bertz CT molecular complexity index is 264. The van der Waals surface area contributed by atoms with Crippen molar-refractivity contribution in [2.24, 2.45) is 11.7 Å². The summed E-state index contributed by atoms with van der Waals surface area (Å²) in [6, 6.07) is -0.202. The molecule has 0 aromatic rings. The topological polar surface area (TPSA) is 84.2 Å². The molecule has 0 aromatic carbocycles. The summed E-state index contributed by atoms with van der Waals surface area (Å²) in [7, 11) is 0. The van der Waals surface area contributed by atoms with Crippen molar-refractivity contribution in [3.05, 3.63) is 0 Å². The molecular weight excluding hydrogens is 206 g/mol. The second-order valence-corrected chi connectivity index (χ2v) is 4.47. The molecule has 5 heteroatoms. The smallest absolute Gasteiger partial charge is 0.239 e. The maximum Gasteiger partial charge on any atom is 0.239 e. The first-order valence-electron chi connectivity index (χ1n) is 5.87. The number of carbonyl (C=O) groups excluding carboxylic acids is 2. The highest BCUT2D eigenvalue weighted by Gasteiger charge is 2.24.